The first-order valence-electron chi connectivity index (χ1n) is 6.86. The van der Waals surface area contributed by atoms with Gasteiger partial charge in [0.05, 0.1) is 12.2 Å². The average Bonchev–Trinajstić information content (AvgIpc) is 2.73. The first-order valence-corrected chi connectivity index (χ1v) is 6.86. The Hall–Kier alpha value is -1.32. The van der Waals surface area contributed by atoms with E-state index in [1.165, 1.54) is 16.5 Å². The van der Waals surface area contributed by atoms with Crippen molar-refractivity contribution in [1.29, 1.82) is 0 Å². The van der Waals surface area contributed by atoms with Gasteiger partial charge in [0.1, 0.15) is 0 Å². The fourth-order valence-electron chi connectivity index (χ4n) is 2.28. The minimum atomic E-state index is -0.0692. The Morgan fingerprint density at radius 2 is 2.00 bits per heavy atom. The maximum atomic E-state index is 5.80. The van der Waals surface area contributed by atoms with E-state index >= 15 is 0 Å². The lowest BCUT2D eigenvalue weighted by Gasteiger charge is -2.19. The zero-order chi connectivity index (χ0) is 13.9. The van der Waals surface area contributed by atoms with Crippen LogP contribution in [0.3, 0.4) is 0 Å². The molecule has 0 atom stereocenters. The van der Waals surface area contributed by atoms with Crippen molar-refractivity contribution in [3.8, 4) is 0 Å². The lowest BCUT2D eigenvalue weighted by Crippen LogP contribution is -2.21. The molecule has 0 saturated heterocycles. The summed E-state index contributed by atoms with van der Waals surface area (Å²) in [5.74, 6) is 0. The Morgan fingerprint density at radius 3 is 2.68 bits per heavy atom. The van der Waals surface area contributed by atoms with Gasteiger partial charge in [0.2, 0.25) is 0 Å². The van der Waals surface area contributed by atoms with Crippen LogP contribution in [-0.4, -0.2) is 23.8 Å². The summed E-state index contributed by atoms with van der Waals surface area (Å²) in [6.45, 7) is 8.80. The van der Waals surface area contributed by atoms with Crippen molar-refractivity contribution >= 4 is 10.9 Å². The second-order valence-corrected chi connectivity index (χ2v) is 5.85. The summed E-state index contributed by atoms with van der Waals surface area (Å²) in [6, 6.07) is 8.66. The number of benzene rings is 1. The highest BCUT2D eigenvalue weighted by molar-refractivity contribution is 5.83. The number of nitrogens with one attached hydrogen (secondary N) is 1. The summed E-state index contributed by atoms with van der Waals surface area (Å²) in [4.78, 5) is 0. The van der Waals surface area contributed by atoms with E-state index in [1.807, 2.05) is 7.05 Å². The van der Waals surface area contributed by atoms with Crippen LogP contribution in [0.25, 0.3) is 10.9 Å². The molecule has 1 N–H and O–H groups in total. The molecule has 1 aromatic heterocycles. The molecule has 2 rings (SSSR count). The third-order valence-electron chi connectivity index (χ3n) is 3.14. The highest BCUT2D eigenvalue weighted by Gasteiger charge is 2.10. The number of rotatable bonds is 5. The van der Waals surface area contributed by atoms with E-state index in [0.29, 0.717) is 0 Å². The van der Waals surface area contributed by atoms with Crippen LogP contribution in [0.4, 0.5) is 0 Å². The summed E-state index contributed by atoms with van der Waals surface area (Å²) >= 11 is 0. The van der Waals surface area contributed by atoms with Gasteiger partial charge in [-0.2, -0.15) is 0 Å². The molecule has 0 unspecified atom stereocenters. The Balaban J connectivity index is 2.14. The Kier molecular flexibility index (Phi) is 4.27. The third-order valence-corrected chi connectivity index (χ3v) is 3.14. The van der Waals surface area contributed by atoms with Gasteiger partial charge in [0.15, 0.2) is 0 Å². The number of hydrogen-bond donors (Lipinski definition) is 1. The van der Waals surface area contributed by atoms with Crippen molar-refractivity contribution in [2.75, 3.05) is 13.7 Å². The number of nitrogens with zero attached hydrogens (tertiary/aromatic N) is 1. The zero-order valence-corrected chi connectivity index (χ0v) is 12.4. The fraction of sp³-hybridized carbons (Fsp3) is 0.500. The molecule has 0 bridgehead atoms. The van der Waals surface area contributed by atoms with E-state index in [9.17, 15) is 0 Å². The van der Waals surface area contributed by atoms with Gasteiger partial charge in [-0.1, -0.05) is 12.1 Å². The highest BCUT2D eigenvalue weighted by Crippen LogP contribution is 2.20. The number of hydrogen-bond acceptors (Lipinski definition) is 2. The summed E-state index contributed by atoms with van der Waals surface area (Å²) in [5, 5.41) is 4.54. The largest absolute Gasteiger partial charge is 0.374 e. The van der Waals surface area contributed by atoms with Crippen LogP contribution >= 0.6 is 0 Å². The zero-order valence-electron chi connectivity index (χ0n) is 12.4. The van der Waals surface area contributed by atoms with E-state index in [-0.39, 0.29) is 5.60 Å². The molecule has 3 heteroatoms. The quantitative estimate of drug-likeness (QED) is 0.893. The molecule has 0 radical (unpaired) electrons. The van der Waals surface area contributed by atoms with Crippen molar-refractivity contribution in [2.45, 2.75) is 39.5 Å². The fourth-order valence-corrected chi connectivity index (χ4v) is 2.28. The summed E-state index contributed by atoms with van der Waals surface area (Å²) in [5.41, 5.74) is 2.56. The van der Waals surface area contributed by atoms with Crippen molar-refractivity contribution in [3.63, 3.8) is 0 Å². The second kappa shape index (κ2) is 5.76. The molecule has 0 fully saturated rings. The van der Waals surface area contributed by atoms with Crippen LogP contribution in [0.5, 0.6) is 0 Å². The molecule has 0 aliphatic heterocycles. The minimum Gasteiger partial charge on any atom is -0.374 e. The van der Waals surface area contributed by atoms with Gasteiger partial charge in [-0.05, 0) is 45.5 Å². The molecule has 0 saturated carbocycles. The van der Waals surface area contributed by atoms with Gasteiger partial charge in [-0.15, -0.1) is 0 Å². The normalized spacial score (nSPS) is 12.2. The molecule has 0 spiro atoms. The lowest BCUT2D eigenvalue weighted by atomic mass is 10.1. The average molecular weight is 260 g/mol. The van der Waals surface area contributed by atoms with E-state index in [4.69, 9.17) is 4.74 Å². The Labute approximate surface area is 115 Å². The van der Waals surface area contributed by atoms with Gasteiger partial charge in [-0.25, -0.2) is 0 Å². The standard InChI is InChI=1S/C16H24N2O/c1-16(2,3)19-11-10-18-9-8-14-13(12-17-4)6-5-7-15(14)18/h5-9,17H,10-12H2,1-4H3. The first-order chi connectivity index (χ1) is 9.01. The van der Waals surface area contributed by atoms with Crippen molar-refractivity contribution < 1.29 is 4.74 Å². The van der Waals surface area contributed by atoms with Gasteiger partial charge < -0.3 is 14.6 Å². The van der Waals surface area contributed by atoms with Crippen molar-refractivity contribution in [3.05, 3.63) is 36.0 Å². The van der Waals surface area contributed by atoms with Crippen LogP contribution in [0, 0.1) is 0 Å². The van der Waals surface area contributed by atoms with Crippen molar-refractivity contribution in [1.82, 2.24) is 9.88 Å². The first kappa shape index (κ1) is 14.1. The minimum absolute atomic E-state index is 0.0692. The van der Waals surface area contributed by atoms with Gasteiger partial charge in [-0.3, -0.25) is 0 Å². The van der Waals surface area contributed by atoms with Gasteiger partial charge in [0, 0.05) is 30.2 Å². The van der Waals surface area contributed by atoms with Crippen LogP contribution < -0.4 is 5.32 Å². The number of fused-ring (bicyclic) bond motifs is 1. The molecule has 104 valence electrons. The lowest BCUT2D eigenvalue weighted by molar-refractivity contribution is -0.00644. The van der Waals surface area contributed by atoms with Crippen LogP contribution in [-0.2, 0) is 17.8 Å². The summed E-state index contributed by atoms with van der Waals surface area (Å²) < 4.78 is 8.06. The van der Waals surface area contributed by atoms with Crippen LogP contribution in [0.2, 0.25) is 0 Å². The van der Waals surface area contributed by atoms with Crippen LogP contribution in [0.1, 0.15) is 26.3 Å². The highest BCUT2D eigenvalue weighted by atomic mass is 16.5. The number of ether oxygens (including phenoxy) is 1. The second-order valence-electron chi connectivity index (χ2n) is 5.85. The molecule has 3 nitrogen and oxygen atoms in total. The molecule has 0 aliphatic carbocycles. The molecule has 0 aliphatic rings. The topological polar surface area (TPSA) is 26.2 Å². The molecule has 0 amide bonds. The van der Waals surface area contributed by atoms with Gasteiger partial charge in [0.25, 0.3) is 0 Å². The molecule has 1 heterocycles. The van der Waals surface area contributed by atoms with E-state index in [2.05, 4.69) is 61.1 Å². The SMILES string of the molecule is CNCc1cccc2c1ccn2CCOC(C)(C)C. The predicted molar refractivity (Wildman–Crippen MR) is 80.4 cm³/mol. The smallest absolute Gasteiger partial charge is 0.0652 e. The molecular weight excluding hydrogens is 236 g/mol. The number of aromatic nitrogens is 1. The molecule has 19 heavy (non-hydrogen) atoms. The Morgan fingerprint density at radius 1 is 1.21 bits per heavy atom. The van der Waals surface area contributed by atoms with E-state index < -0.39 is 0 Å². The summed E-state index contributed by atoms with van der Waals surface area (Å²) in [6.07, 6.45) is 2.15. The molecular formula is C16H24N2O. The maximum Gasteiger partial charge on any atom is 0.0652 e. The molecule has 1 aromatic carbocycles. The van der Waals surface area contributed by atoms with Crippen LogP contribution in [0.15, 0.2) is 30.5 Å². The van der Waals surface area contributed by atoms with Gasteiger partial charge >= 0.3 is 0 Å². The van der Waals surface area contributed by atoms with E-state index in [0.717, 1.165) is 19.7 Å². The predicted octanol–water partition coefficient (Wildman–Crippen LogP) is 3.18. The van der Waals surface area contributed by atoms with Crippen molar-refractivity contribution in [2.24, 2.45) is 0 Å². The third kappa shape index (κ3) is 3.58. The summed E-state index contributed by atoms with van der Waals surface area (Å²) in [7, 11) is 1.98. The van der Waals surface area contributed by atoms with E-state index in [1.54, 1.807) is 0 Å². The maximum absolute atomic E-state index is 5.80. The monoisotopic (exact) mass is 260 g/mol. The Bertz CT molecular complexity index is 537. The molecule has 2 aromatic rings.